The van der Waals surface area contributed by atoms with Crippen molar-refractivity contribution in [1.29, 1.82) is 5.41 Å². The van der Waals surface area contributed by atoms with Gasteiger partial charge in [0.05, 0.1) is 5.03 Å². The van der Waals surface area contributed by atoms with E-state index in [1.807, 2.05) is 36.4 Å². The van der Waals surface area contributed by atoms with Gasteiger partial charge in [0.2, 0.25) is 0 Å². The summed E-state index contributed by atoms with van der Waals surface area (Å²) in [5.41, 5.74) is 8.66. The predicted octanol–water partition coefficient (Wildman–Crippen LogP) is 3.74. The zero-order valence-corrected chi connectivity index (χ0v) is 11.7. The number of nitrogens with one attached hydrogen (secondary N) is 2. The van der Waals surface area contributed by atoms with E-state index in [-0.39, 0.29) is 5.84 Å². The number of aromatic amines is 1. The van der Waals surface area contributed by atoms with Crippen molar-refractivity contribution in [2.45, 2.75) is 10.8 Å². The van der Waals surface area contributed by atoms with Gasteiger partial charge < -0.3 is 10.7 Å². The van der Waals surface area contributed by atoms with E-state index in [4.69, 9.17) is 11.1 Å². The number of rotatable bonds is 4. The average Bonchev–Trinajstić information content (AvgIpc) is 2.88. The van der Waals surface area contributed by atoms with Crippen LogP contribution in [0, 0.1) is 5.41 Å². The maximum absolute atomic E-state index is 7.61. The van der Waals surface area contributed by atoms with E-state index in [0.717, 1.165) is 27.4 Å². The molecule has 0 amide bonds. The van der Waals surface area contributed by atoms with Crippen LogP contribution in [0.25, 0.3) is 10.9 Å². The fraction of sp³-hybridized carbons (Fsp3) is 0.0625. The van der Waals surface area contributed by atoms with Crippen LogP contribution in [-0.4, -0.2) is 10.8 Å². The first-order valence-corrected chi connectivity index (χ1v) is 7.35. The molecule has 0 saturated carbocycles. The number of para-hydroxylation sites is 1. The summed E-state index contributed by atoms with van der Waals surface area (Å²) >= 11 is 1.72. The van der Waals surface area contributed by atoms with Crippen LogP contribution in [0.15, 0.2) is 59.6 Å². The number of thioether (sulfide) groups is 1. The van der Waals surface area contributed by atoms with Gasteiger partial charge in [-0.1, -0.05) is 42.5 Å². The lowest BCUT2D eigenvalue weighted by Crippen LogP contribution is -2.13. The molecule has 3 nitrogen and oxygen atoms in total. The summed E-state index contributed by atoms with van der Waals surface area (Å²) in [4.78, 5) is 3.39. The van der Waals surface area contributed by atoms with Gasteiger partial charge >= 0.3 is 0 Å². The summed E-state index contributed by atoms with van der Waals surface area (Å²) in [6.45, 7) is 0. The Balaban J connectivity index is 1.81. The smallest absolute Gasteiger partial charge is 0.123 e. The summed E-state index contributed by atoms with van der Waals surface area (Å²) < 4.78 is 0. The molecule has 0 fully saturated rings. The molecule has 0 aliphatic heterocycles. The van der Waals surface area contributed by atoms with Crippen molar-refractivity contribution < 1.29 is 0 Å². The average molecular weight is 281 g/mol. The molecule has 0 atom stereocenters. The number of H-pyrrole nitrogens is 1. The van der Waals surface area contributed by atoms with Crippen LogP contribution in [0.1, 0.15) is 11.1 Å². The Labute approximate surface area is 121 Å². The molecular formula is C16H15N3S. The molecule has 4 N–H and O–H groups in total. The highest BCUT2D eigenvalue weighted by atomic mass is 32.2. The second-order valence-electron chi connectivity index (χ2n) is 4.58. The molecule has 0 saturated heterocycles. The third-order valence-electron chi connectivity index (χ3n) is 3.20. The zero-order valence-electron chi connectivity index (χ0n) is 10.9. The van der Waals surface area contributed by atoms with Crippen LogP contribution >= 0.6 is 11.8 Å². The number of aromatic nitrogens is 1. The van der Waals surface area contributed by atoms with E-state index in [0.29, 0.717) is 0 Å². The third-order valence-corrected chi connectivity index (χ3v) is 4.18. The van der Waals surface area contributed by atoms with Crippen molar-refractivity contribution in [1.82, 2.24) is 4.98 Å². The van der Waals surface area contributed by atoms with Gasteiger partial charge in [0.1, 0.15) is 5.84 Å². The van der Waals surface area contributed by atoms with Crippen LogP contribution in [0.2, 0.25) is 0 Å². The lowest BCUT2D eigenvalue weighted by Gasteiger charge is -2.06. The Hall–Kier alpha value is -2.20. The van der Waals surface area contributed by atoms with Gasteiger partial charge in [0, 0.05) is 22.2 Å². The van der Waals surface area contributed by atoms with Gasteiger partial charge in [-0.3, -0.25) is 5.41 Å². The Morgan fingerprint density at radius 2 is 1.85 bits per heavy atom. The van der Waals surface area contributed by atoms with Crippen molar-refractivity contribution in [3.8, 4) is 0 Å². The minimum absolute atomic E-state index is 0.123. The topological polar surface area (TPSA) is 65.7 Å². The van der Waals surface area contributed by atoms with Gasteiger partial charge in [0.25, 0.3) is 0 Å². The zero-order chi connectivity index (χ0) is 13.9. The maximum atomic E-state index is 7.61. The number of fused-ring (bicyclic) bond motifs is 1. The Morgan fingerprint density at radius 1 is 1.10 bits per heavy atom. The summed E-state index contributed by atoms with van der Waals surface area (Å²) in [6, 6.07) is 18.2. The number of nitrogen functional groups attached to an aromatic ring is 1. The summed E-state index contributed by atoms with van der Waals surface area (Å²) in [5, 5.41) is 9.95. The normalized spacial score (nSPS) is 10.8. The van der Waals surface area contributed by atoms with E-state index in [2.05, 4.69) is 23.2 Å². The van der Waals surface area contributed by atoms with Gasteiger partial charge in [-0.05, 0) is 17.7 Å². The molecule has 2 aromatic carbocycles. The second-order valence-corrected chi connectivity index (χ2v) is 5.60. The lowest BCUT2D eigenvalue weighted by molar-refractivity contribution is 1.23. The Bertz CT molecular complexity index is 728. The van der Waals surface area contributed by atoms with Gasteiger partial charge in [-0.25, -0.2) is 0 Å². The van der Waals surface area contributed by atoms with E-state index in [1.54, 1.807) is 11.8 Å². The number of hydrogen-bond donors (Lipinski definition) is 3. The number of benzene rings is 2. The van der Waals surface area contributed by atoms with Crippen LogP contribution in [-0.2, 0) is 5.75 Å². The van der Waals surface area contributed by atoms with E-state index in [9.17, 15) is 0 Å². The van der Waals surface area contributed by atoms with Crippen molar-refractivity contribution in [2.24, 2.45) is 5.73 Å². The monoisotopic (exact) mass is 281 g/mol. The molecule has 0 bridgehead atoms. The highest BCUT2D eigenvalue weighted by Gasteiger charge is 2.06. The molecule has 100 valence electrons. The minimum Gasteiger partial charge on any atom is -0.384 e. The summed E-state index contributed by atoms with van der Waals surface area (Å²) in [5.74, 6) is 0.917. The Kier molecular flexibility index (Phi) is 3.48. The molecule has 1 aromatic heterocycles. The van der Waals surface area contributed by atoms with Gasteiger partial charge in [-0.2, -0.15) is 0 Å². The van der Waals surface area contributed by atoms with Gasteiger partial charge in [-0.15, -0.1) is 11.8 Å². The molecule has 1 heterocycles. The quantitative estimate of drug-likeness (QED) is 0.387. The molecule has 20 heavy (non-hydrogen) atoms. The van der Waals surface area contributed by atoms with Crippen molar-refractivity contribution in [2.75, 3.05) is 0 Å². The number of nitrogens with two attached hydrogens (primary N) is 1. The minimum atomic E-state index is 0.123. The second kappa shape index (κ2) is 5.43. The van der Waals surface area contributed by atoms with Crippen LogP contribution in [0.4, 0.5) is 0 Å². The van der Waals surface area contributed by atoms with E-state index >= 15 is 0 Å². The van der Waals surface area contributed by atoms with Gasteiger partial charge in [0.15, 0.2) is 0 Å². The molecule has 0 spiro atoms. The molecule has 0 aliphatic carbocycles. The highest BCUT2D eigenvalue weighted by molar-refractivity contribution is 7.98. The third kappa shape index (κ3) is 2.56. The van der Waals surface area contributed by atoms with E-state index in [1.165, 1.54) is 5.39 Å². The first-order chi connectivity index (χ1) is 9.74. The van der Waals surface area contributed by atoms with Crippen molar-refractivity contribution >= 4 is 28.5 Å². The largest absolute Gasteiger partial charge is 0.384 e. The SMILES string of the molecule is N=C(N)c1ccccc1CSc1cc2ccccc2[nH]1. The van der Waals surface area contributed by atoms with Crippen LogP contribution in [0.5, 0.6) is 0 Å². The molecule has 0 aliphatic rings. The predicted molar refractivity (Wildman–Crippen MR) is 85.3 cm³/mol. The van der Waals surface area contributed by atoms with Crippen LogP contribution in [0.3, 0.4) is 0 Å². The first-order valence-electron chi connectivity index (χ1n) is 6.37. The molecular weight excluding hydrogens is 266 g/mol. The number of amidine groups is 1. The summed E-state index contributed by atoms with van der Waals surface area (Å²) in [7, 11) is 0. The molecule has 0 radical (unpaired) electrons. The fourth-order valence-corrected chi connectivity index (χ4v) is 3.14. The van der Waals surface area contributed by atoms with Crippen molar-refractivity contribution in [3.05, 3.63) is 65.7 Å². The van der Waals surface area contributed by atoms with Crippen molar-refractivity contribution in [3.63, 3.8) is 0 Å². The fourth-order valence-electron chi connectivity index (χ4n) is 2.19. The lowest BCUT2D eigenvalue weighted by atomic mass is 10.1. The standard InChI is InChI=1S/C16H15N3S/c17-16(18)13-7-3-1-6-12(13)10-20-15-9-11-5-2-4-8-14(11)19-15/h1-9,19H,10H2,(H3,17,18). The molecule has 3 rings (SSSR count). The first kappa shape index (κ1) is 12.8. The number of hydrogen-bond acceptors (Lipinski definition) is 2. The van der Waals surface area contributed by atoms with E-state index < -0.39 is 0 Å². The molecule has 3 aromatic rings. The highest BCUT2D eigenvalue weighted by Crippen LogP contribution is 2.27. The Morgan fingerprint density at radius 3 is 2.65 bits per heavy atom. The summed E-state index contributed by atoms with van der Waals surface area (Å²) in [6.07, 6.45) is 0. The van der Waals surface area contributed by atoms with Crippen LogP contribution < -0.4 is 5.73 Å². The maximum Gasteiger partial charge on any atom is 0.123 e. The molecule has 4 heteroatoms. The molecule has 0 unspecified atom stereocenters.